The van der Waals surface area contributed by atoms with E-state index in [-0.39, 0.29) is 5.49 Å². The second kappa shape index (κ2) is 6.19. The molecular weight excluding hydrogens is 260 g/mol. The van der Waals surface area contributed by atoms with Gasteiger partial charge in [0.15, 0.2) is 0 Å². The minimum atomic E-state index is 0.198. The van der Waals surface area contributed by atoms with Gasteiger partial charge in [-0.05, 0) is 29.8 Å². The van der Waals surface area contributed by atoms with E-state index in [1.807, 2.05) is 24.3 Å². The lowest BCUT2D eigenvalue weighted by atomic mass is 10.2. The smallest absolute Gasteiger partial charge is 0.147 e. The highest BCUT2D eigenvalue weighted by molar-refractivity contribution is 7.98. The highest BCUT2D eigenvalue weighted by Gasteiger charge is 2.00. The lowest BCUT2D eigenvalue weighted by Gasteiger charge is -2.04. The van der Waals surface area contributed by atoms with Crippen molar-refractivity contribution in [2.24, 2.45) is 0 Å². The number of thioether (sulfide) groups is 1. The Labute approximate surface area is 115 Å². The molecule has 0 atom stereocenters. The molecule has 0 aliphatic rings. The summed E-state index contributed by atoms with van der Waals surface area (Å²) in [5.74, 6) is 1.62. The van der Waals surface area contributed by atoms with Crippen LogP contribution < -0.4 is 10.2 Å². The zero-order valence-electron chi connectivity index (χ0n) is 10.5. The summed E-state index contributed by atoms with van der Waals surface area (Å²) in [5.41, 5.74) is 1.37. The fourth-order valence-corrected chi connectivity index (χ4v) is 2.29. The molecule has 5 nitrogen and oxygen atoms in total. The number of hydrogen-bond acceptors (Lipinski definition) is 5. The molecule has 0 spiro atoms. The van der Waals surface area contributed by atoms with E-state index in [4.69, 9.17) is 15.6 Å². The molecule has 0 aliphatic carbocycles. The van der Waals surface area contributed by atoms with Crippen LogP contribution in [0.15, 0.2) is 41.4 Å². The van der Waals surface area contributed by atoms with Gasteiger partial charge in [0.1, 0.15) is 22.6 Å². The van der Waals surface area contributed by atoms with Crippen LogP contribution in [0.1, 0.15) is 5.56 Å². The summed E-state index contributed by atoms with van der Waals surface area (Å²) in [7, 11) is 1.65. The molecule has 0 bridgehead atoms. The van der Waals surface area contributed by atoms with Crippen molar-refractivity contribution in [2.75, 3.05) is 7.11 Å². The molecule has 0 saturated heterocycles. The van der Waals surface area contributed by atoms with Gasteiger partial charge >= 0.3 is 0 Å². The average molecular weight is 274 g/mol. The summed E-state index contributed by atoms with van der Waals surface area (Å²) in [5, 5.41) is 19.6. The fourth-order valence-electron chi connectivity index (χ4n) is 1.47. The van der Waals surface area contributed by atoms with Crippen LogP contribution in [-0.2, 0) is 5.75 Å². The van der Waals surface area contributed by atoms with Gasteiger partial charge in [0.25, 0.3) is 0 Å². The Bertz CT molecular complexity index is 621. The Morgan fingerprint density at radius 1 is 1.26 bits per heavy atom. The lowest BCUT2D eigenvalue weighted by molar-refractivity contribution is 0.414. The van der Waals surface area contributed by atoms with Crippen molar-refractivity contribution >= 4 is 18.1 Å². The molecule has 0 amide bonds. The average Bonchev–Trinajstić information content (AvgIpc) is 2.47. The summed E-state index contributed by atoms with van der Waals surface area (Å²) in [6.07, 6.45) is 1.03. The summed E-state index contributed by atoms with van der Waals surface area (Å²) >= 11 is 1.57. The van der Waals surface area contributed by atoms with Crippen molar-refractivity contribution in [3.8, 4) is 5.75 Å². The van der Waals surface area contributed by atoms with E-state index in [1.165, 1.54) is 10.2 Å². The number of nitrogens with one attached hydrogen (secondary N) is 2. The van der Waals surface area contributed by atoms with E-state index >= 15 is 0 Å². The van der Waals surface area contributed by atoms with Crippen LogP contribution >= 0.6 is 11.8 Å². The highest BCUT2D eigenvalue weighted by atomic mass is 32.2. The van der Waals surface area contributed by atoms with Crippen molar-refractivity contribution in [3.05, 3.63) is 47.4 Å². The maximum absolute atomic E-state index is 7.53. The number of aromatic nitrogens is 2. The van der Waals surface area contributed by atoms with Crippen LogP contribution in [0.2, 0.25) is 0 Å². The second-order valence-corrected chi connectivity index (χ2v) is 4.76. The highest BCUT2D eigenvalue weighted by Crippen LogP contribution is 2.21. The number of hydrogen-bond donors (Lipinski definition) is 2. The molecule has 0 unspecified atom stereocenters. The number of nitrogens with zero attached hydrogens (tertiary/aromatic N) is 2. The maximum Gasteiger partial charge on any atom is 0.147 e. The Kier molecular flexibility index (Phi) is 4.35. The predicted molar refractivity (Wildman–Crippen MR) is 74.8 cm³/mol. The van der Waals surface area contributed by atoms with Crippen LogP contribution in [0.25, 0.3) is 0 Å². The van der Waals surface area contributed by atoms with E-state index < -0.39 is 0 Å². The zero-order valence-corrected chi connectivity index (χ0v) is 11.3. The molecule has 1 aromatic carbocycles. The van der Waals surface area contributed by atoms with Crippen LogP contribution in [0, 0.1) is 10.8 Å². The van der Waals surface area contributed by atoms with E-state index in [0.717, 1.165) is 22.9 Å². The van der Waals surface area contributed by atoms with Crippen LogP contribution in [0.3, 0.4) is 0 Å². The Hall–Kier alpha value is -2.08. The third kappa shape index (κ3) is 3.45. The molecule has 2 N–H and O–H groups in total. The summed E-state index contributed by atoms with van der Waals surface area (Å²) in [4.78, 5) is 0. The fraction of sp³-hybridized carbons (Fsp3) is 0.154. The molecule has 1 heterocycles. The van der Waals surface area contributed by atoms with Crippen LogP contribution in [0.5, 0.6) is 5.75 Å². The van der Waals surface area contributed by atoms with Gasteiger partial charge in [-0.15, -0.1) is 0 Å². The van der Waals surface area contributed by atoms with Crippen molar-refractivity contribution in [2.45, 2.75) is 10.8 Å². The number of benzene rings is 1. The van der Waals surface area contributed by atoms with Crippen LogP contribution in [-0.4, -0.2) is 23.2 Å². The minimum absolute atomic E-state index is 0.198. The standard InChI is InChI=1S/C13H14N4OS/c1-18-11-4-2-10(3-5-11)8-19-13-7-6-12(15)17(9-14)16-13/h2-7,9,14-15H,8H2,1H3. The second-order valence-electron chi connectivity index (χ2n) is 3.77. The molecule has 2 rings (SSSR count). The number of methoxy groups -OCH3 is 1. The van der Waals surface area contributed by atoms with E-state index in [9.17, 15) is 0 Å². The topological polar surface area (TPSA) is 74.8 Å². The van der Waals surface area contributed by atoms with E-state index in [0.29, 0.717) is 0 Å². The van der Waals surface area contributed by atoms with Gasteiger partial charge in [0.05, 0.1) is 7.11 Å². The maximum atomic E-state index is 7.53. The first-order valence-corrected chi connectivity index (χ1v) is 6.62. The predicted octanol–water partition coefficient (Wildman–Crippen LogP) is 2.12. The van der Waals surface area contributed by atoms with E-state index in [1.54, 1.807) is 31.0 Å². The Morgan fingerprint density at radius 2 is 2.00 bits per heavy atom. The third-order valence-corrected chi connectivity index (χ3v) is 3.50. The molecule has 98 valence electrons. The number of ether oxygens (including phenoxy) is 1. The Balaban J connectivity index is 2.05. The van der Waals surface area contributed by atoms with Gasteiger partial charge < -0.3 is 4.74 Å². The van der Waals surface area contributed by atoms with Gasteiger partial charge in [-0.3, -0.25) is 10.8 Å². The molecule has 2 aromatic rings. The summed E-state index contributed by atoms with van der Waals surface area (Å²) in [6.45, 7) is 0. The molecule has 0 saturated carbocycles. The molecule has 0 radical (unpaired) electrons. The first-order valence-electron chi connectivity index (χ1n) is 5.63. The number of rotatable bonds is 5. The van der Waals surface area contributed by atoms with Crippen molar-refractivity contribution < 1.29 is 4.74 Å². The van der Waals surface area contributed by atoms with Gasteiger partial charge in [-0.1, -0.05) is 23.9 Å². The monoisotopic (exact) mass is 274 g/mol. The largest absolute Gasteiger partial charge is 0.497 e. The lowest BCUT2D eigenvalue weighted by Crippen LogP contribution is -2.21. The van der Waals surface area contributed by atoms with Crippen molar-refractivity contribution in [1.29, 1.82) is 10.8 Å². The summed E-state index contributed by atoms with van der Waals surface area (Å²) < 4.78 is 6.34. The molecule has 6 heteroatoms. The SMILES string of the molecule is COc1ccc(CSc2ccc(=N)n(C=N)n2)cc1. The third-order valence-electron chi connectivity index (χ3n) is 2.50. The van der Waals surface area contributed by atoms with Gasteiger partial charge in [0.2, 0.25) is 0 Å². The first kappa shape index (κ1) is 13.4. The van der Waals surface area contributed by atoms with E-state index in [2.05, 4.69) is 5.10 Å². The molecular formula is C13H14N4OS. The van der Waals surface area contributed by atoms with Crippen LogP contribution in [0.4, 0.5) is 0 Å². The minimum Gasteiger partial charge on any atom is -0.497 e. The first-order chi connectivity index (χ1) is 9.22. The van der Waals surface area contributed by atoms with Gasteiger partial charge in [-0.2, -0.15) is 5.10 Å². The Morgan fingerprint density at radius 3 is 2.63 bits per heavy atom. The van der Waals surface area contributed by atoms with Gasteiger partial charge in [0, 0.05) is 5.75 Å². The summed E-state index contributed by atoms with van der Waals surface area (Å²) in [6, 6.07) is 11.3. The van der Waals surface area contributed by atoms with Crippen molar-refractivity contribution in [3.63, 3.8) is 0 Å². The quantitative estimate of drug-likeness (QED) is 0.498. The normalized spacial score (nSPS) is 10.2. The van der Waals surface area contributed by atoms with Crippen molar-refractivity contribution in [1.82, 2.24) is 9.78 Å². The molecule has 0 fully saturated rings. The van der Waals surface area contributed by atoms with Gasteiger partial charge in [-0.25, -0.2) is 4.68 Å². The molecule has 0 aliphatic heterocycles. The zero-order chi connectivity index (χ0) is 13.7. The molecule has 1 aromatic heterocycles. The molecule has 19 heavy (non-hydrogen) atoms.